The van der Waals surface area contributed by atoms with Gasteiger partial charge in [0.25, 0.3) is 0 Å². The van der Waals surface area contributed by atoms with E-state index in [1.54, 1.807) is 6.08 Å². The fourth-order valence-electron chi connectivity index (χ4n) is 2.72. The molecule has 3 aromatic carbocycles. The number of hydrogen-bond acceptors (Lipinski definition) is 5. The van der Waals surface area contributed by atoms with E-state index in [2.05, 4.69) is 0 Å². The normalized spacial score (nSPS) is 11.5. The van der Waals surface area contributed by atoms with E-state index in [-0.39, 0.29) is 22.8 Å². The lowest BCUT2D eigenvalue weighted by atomic mass is 9.99. The Kier molecular flexibility index (Phi) is 8.31. The summed E-state index contributed by atoms with van der Waals surface area (Å²) in [6.45, 7) is 0. The molecule has 8 heteroatoms. The van der Waals surface area contributed by atoms with Crippen LogP contribution in [0.3, 0.4) is 0 Å². The highest BCUT2D eigenvalue weighted by molar-refractivity contribution is 6.32. The van der Waals surface area contributed by atoms with E-state index in [4.69, 9.17) is 38.7 Å². The van der Waals surface area contributed by atoms with E-state index in [1.165, 1.54) is 24.4 Å². The van der Waals surface area contributed by atoms with Gasteiger partial charge < -0.3 is 27.1 Å². The highest BCUT2D eigenvalue weighted by Gasteiger charge is 2.08. The van der Waals surface area contributed by atoms with E-state index in [0.717, 1.165) is 21.9 Å². The van der Waals surface area contributed by atoms with Crippen molar-refractivity contribution in [2.75, 3.05) is 0 Å². The molecule has 7 N–H and O–H groups in total. The van der Waals surface area contributed by atoms with Crippen LogP contribution in [0.5, 0.6) is 5.75 Å². The number of rotatable bonds is 6. The van der Waals surface area contributed by atoms with Gasteiger partial charge in [-0.1, -0.05) is 60.2 Å². The summed E-state index contributed by atoms with van der Waals surface area (Å²) in [4.78, 5) is 21.2. The molecular weight excluding hydrogens is 418 g/mol. The summed E-state index contributed by atoms with van der Waals surface area (Å²) in [5.74, 6) is -1.62. The highest BCUT2D eigenvalue weighted by atomic mass is 35.5. The minimum Gasteiger partial charge on any atom is -0.506 e. The Labute approximate surface area is 184 Å². The molecule has 1 atom stereocenters. The number of halogens is 1. The van der Waals surface area contributed by atoms with Gasteiger partial charge in [0.05, 0.1) is 5.02 Å². The molecule has 0 aliphatic heterocycles. The Morgan fingerprint density at radius 2 is 1.68 bits per heavy atom. The molecule has 0 aromatic heterocycles. The van der Waals surface area contributed by atoms with Crippen molar-refractivity contribution in [3.63, 3.8) is 0 Å². The minimum absolute atomic E-state index is 0.0586. The average Bonchev–Trinajstić information content (AvgIpc) is 2.75. The third-order valence-corrected chi connectivity index (χ3v) is 4.69. The summed E-state index contributed by atoms with van der Waals surface area (Å²) in [5, 5.41) is 27.3. The van der Waals surface area contributed by atoms with Gasteiger partial charge in [0.2, 0.25) is 5.91 Å². The zero-order chi connectivity index (χ0) is 23.0. The fraction of sp³-hybridized carbons (Fsp3) is 0.0870. The molecule has 0 saturated heterocycles. The summed E-state index contributed by atoms with van der Waals surface area (Å²) in [5.41, 5.74) is 12.5. The van der Waals surface area contributed by atoms with Crippen molar-refractivity contribution in [1.29, 1.82) is 5.41 Å². The number of carboxylic acid groups (broad SMARTS) is 1. The summed E-state index contributed by atoms with van der Waals surface area (Å²) >= 11 is 5.50. The van der Waals surface area contributed by atoms with Crippen molar-refractivity contribution < 1.29 is 19.8 Å². The predicted molar refractivity (Wildman–Crippen MR) is 123 cm³/mol. The zero-order valence-corrected chi connectivity index (χ0v) is 17.2. The maximum absolute atomic E-state index is 10.7. The first kappa shape index (κ1) is 23.6. The zero-order valence-electron chi connectivity index (χ0n) is 16.5. The number of phenols is 1. The second kappa shape index (κ2) is 10.9. The van der Waals surface area contributed by atoms with Crippen molar-refractivity contribution in [2.24, 2.45) is 11.5 Å². The van der Waals surface area contributed by atoms with E-state index in [1.807, 2.05) is 42.5 Å². The molecule has 31 heavy (non-hydrogen) atoms. The molecular formula is C23H22ClN3O4. The van der Waals surface area contributed by atoms with Crippen LogP contribution in [-0.2, 0) is 4.79 Å². The number of benzene rings is 3. The highest BCUT2D eigenvalue weighted by Crippen LogP contribution is 2.24. The van der Waals surface area contributed by atoms with Gasteiger partial charge in [-0.15, -0.1) is 0 Å². The second-order valence-electron chi connectivity index (χ2n) is 6.55. The van der Waals surface area contributed by atoms with Gasteiger partial charge in [-0.25, -0.2) is 0 Å². The maximum atomic E-state index is 10.7. The largest absolute Gasteiger partial charge is 0.506 e. The summed E-state index contributed by atoms with van der Waals surface area (Å²) in [6, 6.07) is 14.8. The number of carbonyl (C=O) groups excluding carboxylic acids is 1. The van der Waals surface area contributed by atoms with Crippen molar-refractivity contribution in [2.45, 2.75) is 12.5 Å². The minimum atomic E-state index is -1.00. The van der Waals surface area contributed by atoms with E-state index in [9.17, 15) is 9.59 Å². The van der Waals surface area contributed by atoms with Crippen LogP contribution in [-0.4, -0.2) is 34.3 Å². The lowest BCUT2D eigenvalue weighted by Gasteiger charge is -2.06. The van der Waals surface area contributed by atoms with E-state index in [0.29, 0.717) is 0 Å². The Balaban J connectivity index is 0.000000262. The van der Waals surface area contributed by atoms with Gasteiger partial charge >= 0.3 is 5.97 Å². The molecule has 7 nitrogen and oxygen atoms in total. The van der Waals surface area contributed by atoms with Crippen LogP contribution < -0.4 is 11.5 Å². The molecule has 0 heterocycles. The van der Waals surface area contributed by atoms with Gasteiger partial charge in [-0.3, -0.25) is 9.59 Å². The first-order chi connectivity index (χ1) is 14.7. The number of nitrogens with one attached hydrogen (secondary N) is 1. The van der Waals surface area contributed by atoms with Crippen molar-refractivity contribution >= 4 is 46.5 Å². The molecule has 160 valence electrons. The average molecular weight is 440 g/mol. The van der Waals surface area contributed by atoms with Gasteiger partial charge in [0.15, 0.2) is 0 Å². The van der Waals surface area contributed by atoms with Crippen molar-refractivity contribution in [3.05, 3.63) is 82.4 Å². The summed E-state index contributed by atoms with van der Waals surface area (Å²) < 4.78 is 0. The Bertz CT molecular complexity index is 1140. The van der Waals surface area contributed by atoms with Crippen LogP contribution in [0.15, 0.2) is 60.7 Å². The number of hydrogen-bond donors (Lipinski definition) is 5. The van der Waals surface area contributed by atoms with Crippen LogP contribution in [0.25, 0.3) is 16.8 Å². The molecule has 3 rings (SSSR count). The molecule has 0 spiro atoms. The number of primary amides is 1. The van der Waals surface area contributed by atoms with Gasteiger partial charge in [-0.05, 0) is 46.5 Å². The predicted octanol–water partition coefficient (Wildman–Crippen LogP) is 3.80. The van der Waals surface area contributed by atoms with Crippen LogP contribution >= 0.6 is 11.6 Å². The van der Waals surface area contributed by atoms with Crippen LogP contribution in [0, 0.1) is 5.41 Å². The number of aliphatic carboxylic acids is 1. The SMILES string of the molecule is N=Cc1ccc(/C=C/CC(N)C(=O)O)c2ccccc12.NC(=O)c1ccc(O)c(Cl)c1. The molecule has 1 amide bonds. The molecule has 1 unspecified atom stereocenters. The molecule has 0 radical (unpaired) electrons. The number of nitrogens with two attached hydrogens (primary N) is 2. The second-order valence-corrected chi connectivity index (χ2v) is 6.95. The van der Waals surface area contributed by atoms with Gasteiger partial charge in [-0.2, -0.15) is 0 Å². The summed E-state index contributed by atoms with van der Waals surface area (Å²) in [7, 11) is 0. The first-order valence-corrected chi connectivity index (χ1v) is 9.58. The molecule has 0 saturated carbocycles. The lowest BCUT2D eigenvalue weighted by Crippen LogP contribution is -2.29. The smallest absolute Gasteiger partial charge is 0.320 e. The summed E-state index contributed by atoms with van der Waals surface area (Å²) in [6.07, 6.45) is 5.26. The molecule has 0 bridgehead atoms. The fourth-order valence-corrected chi connectivity index (χ4v) is 2.90. The Hall–Kier alpha value is -3.68. The van der Waals surface area contributed by atoms with E-state index >= 15 is 0 Å². The third-order valence-electron chi connectivity index (χ3n) is 4.38. The third kappa shape index (κ3) is 6.40. The number of carbonyl (C=O) groups is 2. The standard InChI is InChI=1S/C16H16N2O2.C7H6ClNO2/c17-10-12-9-8-11(4-3-7-15(18)16(19)20)13-5-1-2-6-14(12)13;8-5-3-4(7(9)11)1-2-6(5)10/h1-6,8-10,15,17H,7,18H2,(H,19,20);1-3,10H,(H2,9,11)/b4-3+,17-10?;. The quantitative estimate of drug-likeness (QED) is 0.370. The topological polar surface area (TPSA) is 150 Å². The molecule has 0 fully saturated rings. The lowest BCUT2D eigenvalue weighted by molar-refractivity contribution is -0.138. The number of amides is 1. The molecule has 0 aliphatic carbocycles. The van der Waals surface area contributed by atoms with E-state index < -0.39 is 17.9 Å². The number of fused-ring (bicyclic) bond motifs is 1. The van der Waals surface area contributed by atoms with Crippen LogP contribution in [0.2, 0.25) is 5.02 Å². The number of carboxylic acids is 1. The number of aromatic hydroxyl groups is 1. The Morgan fingerprint density at radius 3 is 2.23 bits per heavy atom. The van der Waals surface area contributed by atoms with Gasteiger partial charge in [0, 0.05) is 11.8 Å². The molecule has 0 aliphatic rings. The maximum Gasteiger partial charge on any atom is 0.320 e. The van der Waals surface area contributed by atoms with Gasteiger partial charge in [0.1, 0.15) is 11.8 Å². The van der Waals surface area contributed by atoms with Crippen molar-refractivity contribution in [1.82, 2.24) is 0 Å². The monoisotopic (exact) mass is 439 g/mol. The van der Waals surface area contributed by atoms with Crippen LogP contribution in [0.4, 0.5) is 0 Å². The van der Waals surface area contributed by atoms with Crippen LogP contribution in [0.1, 0.15) is 27.9 Å². The first-order valence-electron chi connectivity index (χ1n) is 9.20. The van der Waals surface area contributed by atoms with Crippen molar-refractivity contribution in [3.8, 4) is 5.75 Å². The number of phenolic OH excluding ortho intramolecular Hbond substituents is 1. The molecule has 3 aromatic rings. The Morgan fingerprint density at radius 1 is 1.06 bits per heavy atom.